The molecule has 0 spiro atoms. The molecule has 0 radical (unpaired) electrons. The fourth-order valence-electron chi connectivity index (χ4n) is 4.78. The number of alkyl halides is 6. The van der Waals surface area contributed by atoms with Gasteiger partial charge in [0, 0.05) is 66.0 Å². The summed E-state index contributed by atoms with van der Waals surface area (Å²) in [6, 6.07) is 16.3. The third kappa shape index (κ3) is 12.1. The molecule has 1 heterocycles. The summed E-state index contributed by atoms with van der Waals surface area (Å²) in [6.07, 6.45) is -10.4. The molecule has 11 nitrogen and oxygen atoms in total. The molecule has 2 aromatic carbocycles. The Balaban J connectivity index is 0.000000543. The lowest BCUT2D eigenvalue weighted by atomic mass is 9.89. The highest BCUT2D eigenvalue weighted by Gasteiger charge is 2.29. The first-order chi connectivity index (χ1) is 23.9. The molecule has 278 valence electrons. The number of carboxylic acids is 2. The first-order valence-corrected chi connectivity index (χ1v) is 15.7. The summed E-state index contributed by atoms with van der Waals surface area (Å²) in [4.78, 5) is 35.6. The van der Waals surface area contributed by atoms with Crippen LogP contribution in [-0.2, 0) is 9.59 Å². The summed E-state index contributed by atoms with van der Waals surface area (Å²) in [5.41, 5.74) is 11.6. The van der Waals surface area contributed by atoms with Crippen molar-refractivity contribution in [2.75, 3.05) is 39.3 Å². The Kier molecular flexibility index (Phi) is 15.6. The zero-order chi connectivity index (χ0) is 38.5. The maximum atomic E-state index is 13.4. The quantitative estimate of drug-likeness (QED) is 0.0815. The first-order valence-electron chi connectivity index (χ1n) is 15.7. The Labute approximate surface area is 288 Å². The second kappa shape index (κ2) is 18.8. The van der Waals surface area contributed by atoms with E-state index < -0.39 is 24.3 Å². The van der Waals surface area contributed by atoms with Crippen molar-refractivity contribution in [1.82, 2.24) is 10.6 Å². The highest BCUT2D eigenvalue weighted by atomic mass is 19.4. The van der Waals surface area contributed by atoms with Gasteiger partial charge in [0.2, 0.25) is 0 Å². The molecule has 7 N–H and O–H groups in total. The van der Waals surface area contributed by atoms with Crippen LogP contribution in [0.25, 0.3) is 33.4 Å². The number of nitrogens with zero attached hydrogens (tertiary/aromatic N) is 1. The van der Waals surface area contributed by atoms with Crippen LogP contribution in [-0.4, -0.2) is 69.5 Å². The Morgan fingerprint density at radius 2 is 1.47 bits per heavy atom. The molecule has 2 aromatic rings. The highest BCUT2D eigenvalue weighted by Crippen LogP contribution is 2.42. The minimum atomic E-state index is -5.19. The van der Waals surface area contributed by atoms with Crippen molar-refractivity contribution in [2.45, 2.75) is 40.0 Å². The van der Waals surface area contributed by atoms with E-state index in [0.717, 1.165) is 69.7 Å². The number of carbonyl (C=O) groups excluding carboxylic acids is 3. The van der Waals surface area contributed by atoms with Gasteiger partial charge in [-0.25, -0.2) is 0 Å². The Bertz CT molecular complexity index is 1830. The second-order valence-corrected chi connectivity index (χ2v) is 10.9. The van der Waals surface area contributed by atoms with Crippen LogP contribution in [0.15, 0.2) is 57.9 Å². The largest absolute Gasteiger partial charge is 0.542 e. The molecular weight excluding hydrogens is 688 g/mol. The molecule has 4 rings (SSSR count). The van der Waals surface area contributed by atoms with Crippen LogP contribution in [0.2, 0.25) is 0 Å². The van der Waals surface area contributed by atoms with Gasteiger partial charge < -0.3 is 45.9 Å². The minimum Gasteiger partial charge on any atom is -0.542 e. The van der Waals surface area contributed by atoms with E-state index in [9.17, 15) is 31.1 Å². The number of halogens is 6. The summed E-state index contributed by atoms with van der Waals surface area (Å²) in [7, 11) is 0. The average Bonchev–Trinajstić information content (AvgIpc) is 3.04. The smallest absolute Gasteiger partial charge is 0.430 e. The molecule has 0 aromatic heterocycles. The number of aliphatic carboxylic acids is 2. The maximum Gasteiger partial charge on any atom is 0.430 e. The number of carbonyl (C=O) groups is 3. The number of benzene rings is 3. The van der Waals surface area contributed by atoms with Crippen LogP contribution in [0, 0.1) is 13.8 Å². The third-order valence-corrected chi connectivity index (χ3v) is 7.02. The maximum absolute atomic E-state index is 13.4. The van der Waals surface area contributed by atoms with Crippen molar-refractivity contribution in [3.05, 3.63) is 70.6 Å². The fraction of sp³-hybridized carbons (Fsp3) is 0.353. The van der Waals surface area contributed by atoms with Gasteiger partial charge in [0.25, 0.3) is 5.91 Å². The van der Waals surface area contributed by atoms with Crippen molar-refractivity contribution >= 4 is 34.5 Å². The number of rotatable bonds is 10. The summed E-state index contributed by atoms with van der Waals surface area (Å²) in [5.74, 6) is -5.34. The molecule has 1 amide bonds. The summed E-state index contributed by atoms with van der Waals surface area (Å²) >= 11 is 0. The van der Waals surface area contributed by atoms with Crippen molar-refractivity contribution in [3.8, 4) is 22.5 Å². The molecule has 2 aliphatic rings. The first kappa shape index (κ1) is 42.2. The molecule has 17 heteroatoms. The van der Waals surface area contributed by atoms with E-state index in [4.69, 9.17) is 24.2 Å². The topological polar surface area (TPSA) is 191 Å². The molecule has 1 aliphatic carbocycles. The highest BCUT2D eigenvalue weighted by molar-refractivity contribution is 6.09. The number of hydrogen-bond acceptors (Lipinski definition) is 8. The standard InChI is InChI=1S/C30H37N5O2.2C2HF3O2/c1-5-33-25-17-27-23(15-19(25)3)29(24-16-20(4)26(34-6-2)18-28(24)37-27)21-9-7-8-10-22(21)30(36)35-14-13-32-12-11-31;2*3-2(4,5)1(6)7/h7-10,15-18,32-33H,5-6,11-14,31H2,1-4H3,(H,35,36);2*(H,6,7). The Morgan fingerprint density at radius 1 is 0.863 bits per heavy atom. The van der Waals surface area contributed by atoms with Crippen LogP contribution in [0.3, 0.4) is 0 Å². The van der Waals surface area contributed by atoms with E-state index in [0.29, 0.717) is 25.2 Å². The van der Waals surface area contributed by atoms with E-state index in [1.165, 1.54) is 5.56 Å². The van der Waals surface area contributed by atoms with Gasteiger partial charge in [0.1, 0.15) is 29.0 Å². The number of nitrogens with two attached hydrogens (primary N) is 1. The molecule has 0 unspecified atom stereocenters. The number of amides is 1. The number of fused-ring (bicyclic) bond motifs is 2. The van der Waals surface area contributed by atoms with E-state index in [-0.39, 0.29) is 5.91 Å². The van der Waals surface area contributed by atoms with Gasteiger partial charge in [0.05, 0.1) is 18.4 Å². The van der Waals surface area contributed by atoms with Gasteiger partial charge in [0.15, 0.2) is 0 Å². The number of nitrogens with one attached hydrogen (secondary N) is 2. The predicted molar refractivity (Wildman–Crippen MR) is 171 cm³/mol. The Hall–Kier alpha value is -5.00. The van der Waals surface area contributed by atoms with Crippen LogP contribution in [0.4, 0.5) is 32.0 Å². The van der Waals surface area contributed by atoms with Crippen molar-refractivity contribution in [3.63, 3.8) is 0 Å². The monoisotopic (exact) mass is 727 g/mol. The minimum absolute atomic E-state index is 0.0869. The zero-order valence-electron chi connectivity index (χ0n) is 28.3. The lowest BCUT2D eigenvalue weighted by Crippen LogP contribution is -2.77. The molecule has 0 bridgehead atoms. The van der Waals surface area contributed by atoms with Crippen molar-refractivity contribution in [2.24, 2.45) is 4.99 Å². The van der Waals surface area contributed by atoms with Crippen molar-refractivity contribution < 1.29 is 66.4 Å². The molecular formula is C34H39F6N5O6. The molecule has 1 aliphatic heterocycles. The van der Waals surface area contributed by atoms with Gasteiger partial charge in [-0.15, -0.1) is 0 Å². The van der Waals surface area contributed by atoms with Gasteiger partial charge in [-0.05, 0) is 57.0 Å². The van der Waals surface area contributed by atoms with E-state index in [2.05, 4.69) is 65.6 Å². The summed E-state index contributed by atoms with van der Waals surface area (Å²) in [5, 5.41) is 28.1. The normalized spacial score (nSPS) is 11.8. The number of aryl methyl sites for hydroxylation is 2. The summed E-state index contributed by atoms with van der Waals surface area (Å²) < 4.78 is 69.6. The number of hydrogen-bond donors (Lipinski definition) is 4. The number of quaternary nitrogens is 2. The van der Waals surface area contributed by atoms with E-state index in [1.54, 1.807) is 0 Å². The van der Waals surface area contributed by atoms with Crippen LogP contribution in [0.1, 0.15) is 35.3 Å². The average molecular weight is 728 g/mol. The predicted octanol–water partition coefficient (Wildman–Crippen LogP) is 1.12. The van der Waals surface area contributed by atoms with E-state index >= 15 is 0 Å². The van der Waals surface area contributed by atoms with Crippen molar-refractivity contribution in [1.29, 1.82) is 0 Å². The molecule has 0 saturated heterocycles. The summed E-state index contributed by atoms with van der Waals surface area (Å²) in [6.45, 7) is 12.9. The molecule has 0 atom stereocenters. The van der Waals surface area contributed by atoms with Gasteiger partial charge in [-0.3, -0.25) is 9.79 Å². The van der Waals surface area contributed by atoms with Gasteiger partial charge in [-0.2, -0.15) is 26.3 Å². The third-order valence-electron chi connectivity index (χ3n) is 7.02. The SMILES string of the molecule is CCN=c1cc2oc3cc([NH2+]CC)c(C)cc3c(-c3ccccc3C(=O)NCCNCC[NH3+])c-2cc1C.O=C([O-])C(F)(F)F.O=C([O-])C(F)(F)F. The van der Waals surface area contributed by atoms with Crippen LogP contribution >= 0.6 is 0 Å². The van der Waals surface area contributed by atoms with Gasteiger partial charge in [-0.1, -0.05) is 18.2 Å². The zero-order valence-corrected chi connectivity index (χ0v) is 28.3. The second-order valence-electron chi connectivity index (χ2n) is 10.9. The van der Waals surface area contributed by atoms with Gasteiger partial charge >= 0.3 is 12.4 Å². The Morgan fingerprint density at radius 3 is 2.02 bits per heavy atom. The van der Waals surface area contributed by atoms with Crippen LogP contribution in [0.5, 0.6) is 0 Å². The number of carboxylic acid groups (broad SMARTS) is 2. The molecule has 0 saturated carbocycles. The van der Waals surface area contributed by atoms with Crippen LogP contribution < -0.4 is 37.3 Å². The molecule has 51 heavy (non-hydrogen) atoms. The van der Waals surface area contributed by atoms with E-state index in [1.807, 2.05) is 37.3 Å². The fourth-order valence-corrected chi connectivity index (χ4v) is 4.78. The lowest BCUT2D eigenvalue weighted by molar-refractivity contribution is -0.568. The molecule has 0 fully saturated rings. The lowest BCUT2D eigenvalue weighted by Gasteiger charge is -2.19.